The Morgan fingerprint density at radius 2 is 1.00 bits per heavy atom. The quantitative estimate of drug-likeness (QED) is 0.514. The van der Waals surface area contributed by atoms with Crippen LogP contribution in [0.15, 0.2) is 0 Å². The maximum Gasteiger partial charge on any atom is 0.0815 e. The van der Waals surface area contributed by atoms with E-state index in [4.69, 9.17) is 0 Å². The van der Waals surface area contributed by atoms with Gasteiger partial charge in [0.05, 0.1) is 52.4 Å². The molecule has 0 radical (unpaired) electrons. The van der Waals surface area contributed by atoms with Crippen LogP contribution in [0.25, 0.3) is 0 Å². The summed E-state index contributed by atoms with van der Waals surface area (Å²) < 4.78 is 2.99. The van der Waals surface area contributed by atoms with E-state index >= 15 is 0 Å². The number of hydrogen-bond donors (Lipinski definition) is 0. The lowest BCUT2D eigenvalue weighted by Crippen LogP contribution is -2.62. The largest absolute Gasteiger partial charge is 0.323 e. The van der Waals surface area contributed by atoms with E-state index in [9.17, 15) is 0 Å². The van der Waals surface area contributed by atoms with Crippen LogP contribution < -0.4 is 0 Å². The van der Waals surface area contributed by atoms with E-state index < -0.39 is 0 Å². The van der Waals surface area contributed by atoms with Crippen molar-refractivity contribution in [2.24, 2.45) is 23.7 Å². The summed E-state index contributed by atoms with van der Waals surface area (Å²) in [6.45, 7) is 17.1. The Bertz CT molecular complexity index is 364. The average molecular weight is 321 g/mol. The molecule has 2 nitrogen and oxygen atoms in total. The lowest BCUT2D eigenvalue weighted by molar-refractivity contribution is -0.948. The third-order valence-corrected chi connectivity index (χ3v) is 8.62. The first-order chi connectivity index (χ1) is 11.1. The Hall–Kier alpha value is -0.0800. The predicted molar refractivity (Wildman–Crippen MR) is 97.1 cm³/mol. The molecule has 6 heterocycles. The molecule has 0 N–H and O–H groups in total. The summed E-state index contributed by atoms with van der Waals surface area (Å²) in [7, 11) is 0. The minimum atomic E-state index is 1.01. The van der Waals surface area contributed by atoms with Gasteiger partial charge in [0.2, 0.25) is 0 Å². The molecule has 4 bridgehead atoms. The molecule has 0 aromatic rings. The number of unbranched alkanes of at least 4 members (excludes halogenated alkanes) is 2. The second-order valence-corrected chi connectivity index (χ2v) is 10.1. The van der Waals surface area contributed by atoms with Crippen LogP contribution in [0.1, 0.15) is 58.8 Å². The highest BCUT2D eigenvalue weighted by molar-refractivity contribution is 4.78. The summed E-state index contributed by atoms with van der Waals surface area (Å²) in [6, 6.07) is 0. The molecule has 6 fully saturated rings. The molecule has 23 heavy (non-hydrogen) atoms. The van der Waals surface area contributed by atoms with Gasteiger partial charge in [0.1, 0.15) is 0 Å². The number of quaternary nitrogens is 2. The Balaban J connectivity index is 1.19. The van der Waals surface area contributed by atoms with Gasteiger partial charge in [-0.2, -0.15) is 0 Å². The van der Waals surface area contributed by atoms with Crippen LogP contribution in [0.5, 0.6) is 0 Å². The molecule has 0 saturated carbocycles. The third kappa shape index (κ3) is 3.23. The second kappa shape index (κ2) is 6.33. The highest BCUT2D eigenvalue weighted by atomic mass is 15.4. The van der Waals surface area contributed by atoms with E-state index in [0.717, 1.165) is 23.7 Å². The minimum absolute atomic E-state index is 1.01. The zero-order valence-corrected chi connectivity index (χ0v) is 15.8. The van der Waals surface area contributed by atoms with Crippen LogP contribution in [-0.2, 0) is 0 Å². The zero-order valence-electron chi connectivity index (χ0n) is 15.8. The van der Waals surface area contributed by atoms with E-state index in [0.29, 0.717) is 0 Å². The first-order valence-electron chi connectivity index (χ1n) is 10.8. The maximum absolute atomic E-state index is 2.52. The molecule has 6 aliphatic rings. The summed E-state index contributed by atoms with van der Waals surface area (Å²) in [5.74, 6) is 4.17. The van der Waals surface area contributed by atoms with Crippen molar-refractivity contribution in [3.8, 4) is 0 Å². The van der Waals surface area contributed by atoms with Crippen molar-refractivity contribution in [1.29, 1.82) is 0 Å². The number of hydrogen-bond acceptors (Lipinski definition) is 0. The Labute approximate surface area is 144 Å². The van der Waals surface area contributed by atoms with Gasteiger partial charge < -0.3 is 8.97 Å². The molecule has 2 unspecified atom stereocenters. The smallest absolute Gasteiger partial charge is 0.0815 e. The number of fused-ring (bicyclic) bond motifs is 6. The van der Waals surface area contributed by atoms with Gasteiger partial charge in [0.15, 0.2) is 0 Å². The van der Waals surface area contributed by atoms with Crippen LogP contribution in [0.2, 0.25) is 0 Å². The van der Waals surface area contributed by atoms with Gasteiger partial charge >= 0.3 is 0 Å². The molecule has 0 amide bonds. The Kier molecular flexibility index (Phi) is 4.51. The molecule has 0 spiro atoms. The summed E-state index contributed by atoms with van der Waals surface area (Å²) >= 11 is 0. The number of rotatable bonds is 6. The highest BCUT2D eigenvalue weighted by Gasteiger charge is 2.44. The summed E-state index contributed by atoms with van der Waals surface area (Å²) in [4.78, 5) is 0. The molecule has 6 aliphatic heterocycles. The first kappa shape index (κ1) is 16.4. The van der Waals surface area contributed by atoms with Gasteiger partial charge in [0, 0.05) is 37.5 Å². The maximum atomic E-state index is 2.52. The fraction of sp³-hybridized carbons (Fsp3) is 1.00. The molecule has 6 saturated heterocycles. The second-order valence-electron chi connectivity index (χ2n) is 10.1. The van der Waals surface area contributed by atoms with Crippen LogP contribution >= 0.6 is 0 Å². The van der Waals surface area contributed by atoms with Crippen molar-refractivity contribution in [2.45, 2.75) is 58.8 Å². The fourth-order valence-electron chi connectivity index (χ4n) is 7.00. The molecule has 2 atom stereocenters. The van der Waals surface area contributed by atoms with E-state index in [1.54, 1.807) is 0 Å². The van der Waals surface area contributed by atoms with Gasteiger partial charge in [-0.15, -0.1) is 0 Å². The SMILES string of the molecule is CC1C[N+]2(CCCCC[N+]34CCC(CC3)C(C)C4)CCC1CC2. The lowest BCUT2D eigenvalue weighted by atomic mass is 9.78. The lowest BCUT2D eigenvalue weighted by Gasteiger charge is -2.52. The Morgan fingerprint density at radius 3 is 1.35 bits per heavy atom. The van der Waals surface area contributed by atoms with Gasteiger partial charge in [-0.1, -0.05) is 13.8 Å². The van der Waals surface area contributed by atoms with Crippen LogP contribution in [0.4, 0.5) is 0 Å². The standard InChI is InChI=1S/C21H40N2/c1-18-16-22(12-6-20(18)7-13-22)10-4-3-5-11-23-14-8-21(9-15-23)19(2)17-23/h18-21H,3-17H2,1-2H3/q+2. The summed E-state index contributed by atoms with van der Waals surface area (Å²) in [6.07, 6.45) is 10.6. The van der Waals surface area contributed by atoms with Gasteiger partial charge in [-0.05, 0) is 31.1 Å². The summed E-state index contributed by atoms with van der Waals surface area (Å²) in [5.41, 5.74) is 0. The normalized spacial score (nSPS) is 48.8. The molecule has 132 valence electrons. The molecule has 0 aromatic carbocycles. The van der Waals surface area contributed by atoms with Crippen LogP contribution in [-0.4, -0.2) is 61.3 Å². The van der Waals surface area contributed by atoms with Gasteiger partial charge in [0.25, 0.3) is 0 Å². The third-order valence-electron chi connectivity index (χ3n) is 8.62. The van der Waals surface area contributed by atoms with Crippen molar-refractivity contribution < 1.29 is 8.97 Å². The topological polar surface area (TPSA) is 0 Å². The van der Waals surface area contributed by atoms with Crippen molar-refractivity contribution >= 4 is 0 Å². The number of nitrogens with zero attached hydrogens (tertiary/aromatic N) is 2. The van der Waals surface area contributed by atoms with Crippen molar-refractivity contribution in [2.75, 3.05) is 52.4 Å². The van der Waals surface area contributed by atoms with E-state index in [2.05, 4.69) is 13.8 Å². The highest BCUT2D eigenvalue weighted by Crippen LogP contribution is 2.39. The average Bonchev–Trinajstić information content (AvgIpc) is 2.56. The fourth-order valence-corrected chi connectivity index (χ4v) is 7.00. The van der Waals surface area contributed by atoms with Crippen molar-refractivity contribution in [1.82, 2.24) is 0 Å². The van der Waals surface area contributed by atoms with Crippen molar-refractivity contribution in [3.05, 3.63) is 0 Å². The molecule has 6 rings (SSSR count). The van der Waals surface area contributed by atoms with E-state index in [1.807, 2.05) is 0 Å². The van der Waals surface area contributed by atoms with E-state index in [-0.39, 0.29) is 0 Å². The molecule has 0 aliphatic carbocycles. The Morgan fingerprint density at radius 1 is 0.609 bits per heavy atom. The molecular formula is C21H40N2+2. The van der Waals surface area contributed by atoms with E-state index in [1.165, 1.54) is 106 Å². The van der Waals surface area contributed by atoms with Gasteiger partial charge in [-0.3, -0.25) is 0 Å². The molecular weight excluding hydrogens is 280 g/mol. The van der Waals surface area contributed by atoms with Gasteiger partial charge in [-0.25, -0.2) is 0 Å². The zero-order chi connectivity index (χ0) is 15.9. The molecule has 0 aromatic heterocycles. The first-order valence-corrected chi connectivity index (χ1v) is 10.8. The predicted octanol–water partition coefficient (Wildman–Crippen LogP) is 3.91. The monoisotopic (exact) mass is 320 g/mol. The number of piperidine rings is 6. The van der Waals surface area contributed by atoms with Crippen molar-refractivity contribution in [3.63, 3.8) is 0 Å². The minimum Gasteiger partial charge on any atom is -0.323 e. The summed E-state index contributed by atoms with van der Waals surface area (Å²) in [5, 5.41) is 0. The van der Waals surface area contributed by atoms with Crippen LogP contribution in [0, 0.1) is 23.7 Å². The molecule has 2 heteroatoms. The van der Waals surface area contributed by atoms with Crippen LogP contribution in [0.3, 0.4) is 0 Å².